The summed E-state index contributed by atoms with van der Waals surface area (Å²) in [4.78, 5) is 17.6. The fourth-order valence-corrected chi connectivity index (χ4v) is 4.14. The maximum absolute atomic E-state index is 12.6. The minimum atomic E-state index is -0.0350. The minimum Gasteiger partial charge on any atom is -0.491 e. The number of oxime groups is 1. The van der Waals surface area contributed by atoms with Crippen molar-refractivity contribution in [2.45, 2.75) is 6.54 Å². The van der Waals surface area contributed by atoms with Crippen LogP contribution in [0.1, 0.15) is 11.1 Å². The van der Waals surface area contributed by atoms with Crippen LogP contribution < -0.4 is 15.3 Å². The van der Waals surface area contributed by atoms with Crippen molar-refractivity contribution in [3.8, 4) is 5.75 Å². The number of thiazole rings is 1. The fraction of sp³-hybridized carbons (Fsp3) is 0.130. The van der Waals surface area contributed by atoms with Crippen LogP contribution in [0.2, 0.25) is 0 Å². The number of fused-ring (bicyclic) bond motifs is 1. The van der Waals surface area contributed by atoms with Crippen LogP contribution in [0.15, 0.2) is 76.7 Å². The molecule has 151 valence electrons. The van der Waals surface area contributed by atoms with Gasteiger partial charge in [-0.3, -0.25) is 9.36 Å². The van der Waals surface area contributed by atoms with Gasteiger partial charge < -0.3 is 15.3 Å². The maximum atomic E-state index is 12.6. The molecule has 0 aliphatic rings. The number of nitrogen functional groups attached to an aromatic ring is 1. The number of hydrogen-bond donors (Lipinski definition) is 1. The van der Waals surface area contributed by atoms with Crippen LogP contribution in [0.4, 0.5) is 5.69 Å². The molecule has 7 heteroatoms. The topological polar surface area (TPSA) is 78.8 Å². The van der Waals surface area contributed by atoms with Gasteiger partial charge >= 0.3 is 4.87 Å². The number of rotatable bonds is 7. The third-order valence-electron chi connectivity index (χ3n) is 4.53. The second-order valence-electron chi connectivity index (χ2n) is 6.51. The molecule has 0 saturated heterocycles. The van der Waals surface area contributed by atoms with E-state index in [1.54, 1.807) is 22.8 Å². The van der Waals surface area contributed by atoms with Crippen molar-refractivity contribution < 1.29 is 9.57 Å². The van der Waals surface area contributed by atoms with Gasteiger partial charge in [0.05, 0.1) is 22.8 Å². The zero-order chi connectivity index (χ0) is 20.9. The average Bonchev–Trinajstić information content (AvgIpc) is 3.07. The van der Waals surface area contributed by atoms with Crippen LogP contribution >= 0.6 is 11.3 Å². The molecule has 0 amide bonds. The van der Waals surface area contributed by atoms with E-state index < -0.39 is 0 Å². The van der Waals surface area contributed by atoms with Crippen molar-refractivity contribution in [3.05, 3.63) is 93.6 Å². The summed E-state index contributed by atoms with van der Waals surface area (Å²) in [6.45, 7) is 0.770. The molecule has 0 fully saturated rings. The molecule has 4 aromatic rings. The Hall–Kier alpha value is -3.58. The van der Waals surface area contributed by atoms with Gasteiger partial charge in [0, 0.05) is 16.8 Å². The van der Waals surface area contributed by atoms with E-state index in [0.717, 1.165) is 21.3 Å². The number of hydrogen-bond acceptors (Lipinski definition) is 6. The smallest absolute Gasteiger partial charge is 0.308 e. The number of ether oxygens (including phenoxy) is 1. The lowest BCUT2D eigenvalue weighted by molar-refractivity contribution is 0.214. The van der Waals surface area contributed by atoms with Gasteiger partial charge in [-0.25, -0.2) is 0 Å². The molecule has 3 aromatic carbocycles. The number of anilines is 1. The molecule has 2 N–H and O–H groups in total. The molecule has 1 aromatic heterocycles. The van der Waals surface area contributed by atoms with Crippen LogP contribution in [0.25, 0.3) is 10.2 Å². The van der Waals surface area contributed by atoms with Gasteiger partial charge in [-0.15, -0.1) is 0 Å². The third-order valence-corrected chi connectivity index (χ3v) is 5.48. The second kappa shape index (κ2) is 8.84. The van der Waals surface area contributed by atoms with Gasteiger partial charge in [-0.2, -0.15) is 0 Å². The van der Waals surface area contributed by atoms with E-state index >= 15 is 0 Å². The lowest BCUT2D eigenvalue weighted by atomic mass is 10.0. The molecule has 0 bridgehead atoms. The largest absolute Gasteiger partial charge is 0.491 e. The normalized spacial score (nSPS) is 11.6. The monoisotopic (exact) mass is 418 g/mol. The summed E-state index contributed by atoms with van der Waals surface area (Å²) in [5.74, 6) is 0.563. The lowest BCUT2D eigenvalue weighted by Gasteiger charge is -2.09. The fourth-order valence-electron chi connectivity index (χ4n) is 3.18. The van der Waals surface area contributed by atoms with Gasteiger partial charge in [0.15, 0.2) is 0 Å². The van der Waals surface area contributed by atoms with Crippen molar-refractivity contribution in [2.75, 3.05) is 19.5 Å². The van der Waals surface area contributed by atoms with E-state index in [9.17, 15) is 4.79 Å². The highest BCUT2D eigenvalue weighted by Gasteiger charge is 2.13. The molecule has 0 atom stereocenters. The summed E-state index contributed by atoms with van der Waals surface area (Å²) < 4.78 is 8.29. The van der Waals surface area contributed by atoms with Gasteiger partial charge in [0.25, 0.3) is 0 Å². The zero-order valence-corrected chi connectivity index (χ0v) is 17.2. The van der Waals surface area contributed by atoms with E-state index in [-0.39, 0.29) is 4.87 Å². The second-order valence-corrected chi connectivity index (χ2v) is 7.50. The molecule has 0 saturated carbocycles. The standard InChI is InChI=1S/C23H20N3O3S/c1-28-25-22(16-6-3-2-4-7-16)17-10-11-20-21(14-17)30-23(27)26(20)12-13-29-19-9-5-8-18(24)15-19/h2-11,14H,12-13,24H2,1H3. The number of nitrogens with two attached hydrogens (primary N) is 1. The Balaban J connectivity index is 1.59. The Morgan fingerprint density at radius 1 is 1.10 bits per heavy atom. The molecular weight excluding hydrogens is 398 g/mol. The van der Waals surface area contributed by atoms with Crippen LogP contribution in [-0.2, 0) is 11.4 Å². The highest BCUT2D eigenvalue weighted by atomic mass is 32.1. The first kappa shape index (κ1) is 19.7. The minimum absolute atomic E-state index is 0.0350. The van der Waals surface area contributed by atoms with Crippen molar-refractivity contribution in [3.63, 3.8) is 0 Å². The van der Waals surface area contributed by atoms with Crippen LogP contribution in [0.5, 0.6) is 5.75 Å². The van der Waals surface area contributed by atoms with Crippen LogP contribution in [0, 0.1) is 6.07 Å². The molecular formula is C23H20N3O3S. The van der Waals surface area contributed by atoms with E-state index in [0.29, 0.717) is 30.3 Å². The molecule has 0 unspecified atom stereocenters. The third kappa shape index (κ3) is 4.21. The summed E-state index contributed by atoms with van der Waals surface area (Å²) >= 11 is 1.20. The SMILES string of the molecule is CON=C(c1ccccc1)c1ccc2c(c1)sc(=O)n2CCOc1[c]c(N)ccc1. The van der Waals surface area contributed by atoms with Gasteiger partial charge in [0.2, 0.25) is 0 Å². The molecule has 30 heavy (non-hydrogen) atoms. The highest BCUT2D eigenvalue weighted by Crippen LogP contribution is 2.22. The molecule has 1 heterocycles. The summed E-state index contributed by atoms with van der Waals surface area (Å²) in [7, 11) is 1.52. The van der Waals surface area contributed by atoms with Crippen molar-refractivity contribution in [1.82, 2.24) is 4.57 Å². The van der Waals surface area contributed by atoms with Crippen molar-refractivity contribution >= 4 is 33.0 Å². The molecule has 1 radical (unpaired) electrons. The molecule has 0 aliphatic carbocycles. The Morgan fingerprint density at radius 3 is 2.70 bits per heavy atom. The predicted molar refractivity (Wildman–Crippen MR) is 120 cm³/mol. The number of aromatic nitrogens is 1. The Morgan fingerprint density at radius 2 is 1.93 bits per heavy atom. The van der Waals surface area contributed by atoms with E-state index in [1.165, 1.54) is 18.4 Å². The van der Waals surface area contributed by atoms with E-state index in [2.05, 4.69) is 11.2 Å². The first-order valence-electron chi connectivity index (χ1n) is 9.36. The van der Waals surface area contributed by atoms with Crippen molar-refractivity contribution in [2.24, 2.45) is 5.16 Å². The molecule has 0 aliphatic heterocycles. The number of nitrogens with zero attached hydrogens (tertiary/aromatic N) is 2. The van der Waals surface area contributed by atoms with Crippen LogP contribution in [0.3, 0.4) is 0 Å². The van der Waals surface area contributed by atoms with Crippen LogP contribution in [-0.4, -0.2) is 24.0 Å². The lowest BCUT2D eigenvalue weighted by Crippen LogP contribution is -2.17. The Bertz CT molecular complexity index is 1250. The zero-order valence-electron chi connectivity index (χ0n) is 16.4. The molecule has 6 nitrogen and oxygen atoms in total. The first-order valence-corrected chi connectivity index (χ1v) is 10.2. The highest BCUT2D eigenvalue weighted by molar-refractivity contribution is 7.16. The molecule has 4 rings (SSSR count). The summed E-state index contributed by atoms with van der Waals surface area (Å²) in [6, 6.07) is 23.9. The van der Waals surface area contributed by atoms with E-state index in [4.69, 9.17) is 15.3 Å². The first-order chi connectivity index (χ1) is 14.7. The predicted octanol–water partition coefficient (Wildman–Crippen LogP) is 3.92. The molecule has 0 spiro atoms. The Labute approximate surface area is 177 Å². The summed E-state index contributed by atoms with van der Waals surface area (Å²) in [5.41, 5.74) is 9.64. The average molecular weight is 418 g/mol. The Kier molecular flexibility index (Phi) is 5.81. The van der Waals surface area contributed by atoms with Gasteiger partial charge in [-0.05, 0) is 24.3 Å². The van der Waals surface area contributed by atoms with Crippen molar-refractivity contribution in [1.29, 1.82) is 0 Å². The maximum Gasteiger partial charge on any atom is 0.308 e. The van der Waals surface area contributed by atoms with Gasteiger partial charge in [-0.1, -0.05) is 59.0 Å². The number of benzene rings is 3. The van der Waals surface area contributed by atoms with Gasteiger partial charge in [0.1, 0.15) is 25.2 Å². The summed E-state index contributed by atoms with van der Waals surface area (Å²) in [5, 5.41) is 4.19. The summed E-state index contributed by atoms with van der Waals surface area (Å²) in [6.07, 6.45) is 0. The quantitative estimate of drug-likeness (QED) is 0.280. The van der Waals surface area contributed by atoms with E-state index in [1.807, 2.05) is 48.5 Å².